The monoisotopic (exact) mass is 290 g/mol. The number of hydrogen-bond acceptors (Lipinski definition) is 3. The third kappa shape index (κ3) is 2.71. The first kappa shape index (κ1) is 13.9. The lowest BCUT2D eigenvalue weighted by molar-refractivity contribution is 0.0696. The van der Waals surface area contributed by atoms with Crippen LogP contribution in [0, 0.1) is 6.92 Å². The molecule has 2 aliphatic rings. The van der Waals surface area contributed by atoms with E-state index in [-0.39, 0.29) is 29.8 Å². The van der Waals surface area contributed by atoms with E-state index in [1.54, 1.807) is 19.1 Å². The molecule has 2 fully saturated rings. The number of amides is 2. The molecule has 0 aliphatic carbocycles. The second kappa shape index (κ2) is 5.37. The summed E-state index contributed by atoms with van der Waals surface area (Å²) in [5.41, 5.74) is 1.25. The van der Waals surface area contributed by atoms with E-state index in [4.69, 9.17) is 9.84 Å². The van der Waals surface area contributed by atoms with Gasteiger partial charge in [-0.05, 0) is 43.9 Å². The van der Waals surface area contributed by atoms with Crippen LogP contribution in [-0.2, 0) is 4.74 Å². The van der Waals surface area contributed by atoms with Crippen LogP contribution in [0.3, 0.4) is 0 Å². The first-order valence-corrected chi connectivity index (χ1v) is 7.10. The molecule has 2 heterocycles. The maximum atomic E-state index is 12.1. The van der Waals surface area contributed by atoms with Gasteiger partial charge in [-0.3, -0.25) is 0 Å². The van der Waals surface area contributed by atoms with E-state index in [0.29, 0.717) is 11.3 Å². The molecule has 0 spiro atoms. The van der Waals surface area contributed by atoms with Gasteiger partial charge in [-0.1, -0.05) is 6.07 Å². The molecule has 0 saturated carbocycles. The number of carbonyl (C=O) groups is 2. The first-order chi connectivity index (χ1) is 10.0. The standard InChI is InChI=1S/C15H18N2O4/c1-8-10(14(18)19)3-2-4-11(8)16-15(20)17-12-7-9-5-6-13(12)21-9/h2-4,9,12-13H,5-7H2,1H3,(H,18,19)(H2,16,17,20). The van der Waals surface area contributed by atoms with Gasteiger partial charge in [0, 0.05) is 5.69 Å². The van der Waals surface area contributed by atoms with Gasteiger partial charge in [-0.15, -0.1) is 0 Å². The molecule has 2 aliphatic heterocycles. The molecule has 2 bridgehead atoms. The van der Waals surface area contributed by atoms with Gasteiger partial charge in [-0.25, -0.2) is 9.59 Å². The zero-order chi connectivity index (χ0) is 15.0. The number of fused-ring (bicyclic) bond motifs is 2. The van der Waals surface area contributed by atoms with Crippen molar-refractivity contribution in [2.75, 3.05) is 5.32 Å². The fourth-order valence-electron chi connectivity index (χ4n) is 3.12. The Morgan fingerprint density at radius 2 is 2.14 bits per heavy atom. The first-order valence-electron chi connectivity index (χ1n) is 7.10. The quantitative estimate of drug-likeness (QED) is 0.795. The number of carboxylic acids is 1. The van der Waals surface area contributed by atoms with Crippen molar-refractivity contribution in [1.29, 1.82) is 0 Å². The largest absolute Gasteiger partial charge is 0.478 e. The summed E-state index contributed by atoms with van der Waals surface area (Å²) in [5.74, 6) is -1.00. The summed E-state index contributed by atoms with van der Waals surface area (Å²) < 4.78 is 5.69. The molecule has 112 valence electrons. The van der Waals surface area contributed by atoms with Gasteiger partial charge in [0.05, 0.1) is 23.8 Å². The molecule has 3 N–H and O–H groups in total. The Hall–Kier alpha value is -2.08. The summed E-state index contributed by atoms with van der Waals surface area (Å²) in [7, 11) is 0. The summed E-state index contributed by atoms with van der Waals surface area (Å²) in [4.78, 5) is 23.1. The second-order valence-electron chi connectivity index (χ2n) is 5.60. The fourth-order valence-corrected chi connectivity index (χ4v) is 3.12. The summed E-state index contributed by atoms with van der Waals surface area (Å²) in [6.45, 7) is 1.68. The average Bonchev–Trinajstić information content (AvgIpc) is 3.03. The molecule has 2 saturated heterocycles. The average molecular weight is 290 g/mol. The van der Waals surface area contributed by atoms with Crippen molar-refractivity contribution in [3.8, 4) is 0 Å². The minimum absolute atomic E-state index is 0.0479. The lowest BCUT2D eigenvalue weighted by Crippen LogP contribution is -2.43. The van der Waals surface area contributed by atoms with E-state index in [1.807, 2.05) is 0 Å². The maximum Gasteiger partial charge on any atom is 0.336 e. The number of hydrogen-bond donors (Lipinski definition) is 3. The Morgan fingerprint density at radius 3 is 2.76 bits per heavy atom. The number of carbonyl (C=O) groups excluding carboxylic acids is 1. The Morgan fingerprint density at radius 1 is 1.33 bits per heavy atom. The Labute approximate surface area is 122 Å². The summed E-state index contributed by atoms with van der Waals surface area (Å²) in [5, 5.41) is 14.7. The van der Waals surface area contributed by atoms with Crippen molar-refractivity contribution in [3.05, 3.63) is 29.3 Å². The summed E-state index contributed by atoms with van der Waals surface area (Å²) in [6, 6.07) is 4.56. The predicted molar refractivity (Wildman–Crippen MR) is 76.6 cm³/mol. The number of ether oxygens (including phenoxy) is 1. The lowest BCUT2D eigenvalue weighted by Gasteiger charge is -2.20. The number of urea groups is 1. The van der Waals surface area contributed by atoms with Gasteiger partial charge in [-0.2, -0.15) is 0 Å². The van der Waals surface area contributed by atoms with Crippen molar-refractivity contribution in [3.63, 3.8) is 0 Å². The molecule has 21 heavy (non-hydrogen) atoms. The highest BCUT2D eigenvalue weighted by Gasteiger charge is 2.41. The summed E-state index contributed by atoms with van der Waals surface area (Å²) >= 11 is 0. The highest BCUT2D eigenvalue weighted by molar-refractivity contribution is 5.95. The number of benzene rings is 1. The summed E-state index contributed by atoms with van der Waals surface area (Å²) in [6.07, 6.45) is 3.31. The second-order valence-corrected chi connectivity index (χ2v) is 5.60. The van der Waals surface area contributed by atoms with Crippen LogP contribution in [0.2, 0.25) is 0 Å². The molecule has 6 heteroatoms. The normalized spacial score (nSPS) is 26.6. The van der Waals surface area contributed by atoms with E-state index < -0.39 is 5.97 Å². The number of aromatic carboxylic acids is 1. The van der Waals surface area contributed by atoms with E-state index in [0.717, 1.165) is 19.3 Å². The zero-order valence-corrected chi connectivity index (χ0v) is 11.8. The predicted octanol–water partition coefficient (Wildman–Crippen LogP) is 2.13. The molecule has 1 aromatic rings. The molecule has 3 rings (SSSR count). The highest BCUT2D eigenvalue weighted by Crippen LogP contribution is 2.34. The van der Waals surface area contributed by atoms with E-state index in [2.05, 4.69) is 10.6 Å². The van der Waals surface area contributed by atoms with Gasteiger partial charge in [0.1, 0.15) is 0 Å². The molecule has 3 atom stereocenters. The van der Waals surface area contributed by atoms with E-state index in [9.17, 15) is 9.59 Å². The fraction of sp³-hybridized carbons (Fsp3) is 0.467. The van der Waals surface area contributed by atoms with Gasteiger partial charge in [0.25, 0.3) is 0 Å². The number of rotatable bonds is 3. The Bertz CT molecular complexity index is 587. The molecule has 1 aromatic carbocycles. The van der Waals surface area contributed by atoms with Crippen LogP contribution in [0.4, 0.5) is 10.5 Å². The minimum atomic E-state index is -1.00. The smallest absolute Gasteiger partial charge is 0.336 e. The van der Waals surface area contributed by atoms with Crippen LogP contribution >= 0.6 is 0 Å². The van der Waals surface area contributed by atoms with Crippen molar-refractivity contribution in [2.45, 2.75) is 44.4 Å². The topological polar surface area (TPSA) is 87.7 Å². The highest BCUT2D eigenvalue weighted by atomic mass is 16.5. The molecular formula is C15H18N2O4. The Balaban J connectivity index is 1.65. The van der Waals surface area contributed by atoms with Gasteiger partial charge in [0.2, 0.25) is 0 Å². The molecule has 0 aromatic heterocycles. The number of nitrogens with one attached hydrogen (secondary N) is 2. The van der Waals surface area contributed by atoms with Crippen molar-refractivity contribution < 1.29 is 19.4 Å². The van der Waals surface area contributed by atoms with Crippen molar-refractivity contribution in [1.82, 2.24) is 5.32 Å². The van der Waals surface area contributed by atoms with E-state index in [1.165, 1.54) is 6.07 Å². The zero-order valence-electron chi connectivity index (χ0n) is 11.8. The number of anilines is 1. The molecule has 0 radical (unpaired) electrons. The van der Waals surface area contributed by atoms with Gasteiger partial charge in [0.15, 0.2) is 0 Å². The van der Waals surface area contributed by atoms with Crippen LogP contribution in [-0.4, -0.2) is 35.4 Å². The van der Waals surface area contributed by atoms with Crippen molar-refractivity contribution in [2.24, 2.45) is 0 Å². The minimum Gasteiger partial charge on any atom is -0.478 e. The molecule has 3 unspecified atom stereocenters. The number of carboxylic acid groups (broad SMARTS) is 1. The Kier molecular flexibility index (Phi) is 3.55. The lowest BCUT2D eigenvalue weighted by atomic mass is 9.96. The van der Waals surface area contributed by atoms with Crippen LogP contribution in [0.1, 0.15) is 35.2 Å². The maximum absolute atomic E-state index is 12.1. The van der Waals surface area contributed by atoms with Gasteiger partial charge >= 0.3 is 12.0 Å². The van der Waals surface area contributed by atoms with Crippen LogP contribution in [0.15, 0.2) is 18.2 Å². The van der Waals surface area contributed by atoms with E-state index >= 15 is 0 Å². The van der Waals surface area contributed by atoms with Crippen LogP contribution in [0.5, 0.6) is 0 Å². The molecule has 6 nitrogen and oxygen atoms in total. The van der Waals surface area contributed by atoms with Crippen molar-refractivity contribution >= 4 is 17.7 Å². The van der Waals surface area contributed by atoms with Crippen LogP contribution < -0.4 is 10.6 Å². The van der Waals surface area contributed by atoms with Crippen LogP contribution in [0.25, 0.3) is 0 Å². The third-order valence-electron chi connectivity index (χ3n) is 4.23. The van der Waals surface area contributed by atoms with Gasteiger partial charge < -0.3 is 20.5 Å². The molecule has 2 amide bonds. The SMILES string of the molecule is Cc1c(NC(=O)NC2CC3CCC2O3)cccc1C(=O)O. The third-order valence-corrected chi connectivity index (χ3v) is 4.23. The molecular weight excluding hydrogens is 272 g/mol.